The molecule has 0 radical (unpaired) electrons. The smallest absolute Gasteiger partial charge is 0.394 e. The van der Waals surface area contributed by atoms with Crippen LogP contribution in [0.3, 0.4) is 0 Å². The van der Waals surface area contributed by atoms with Crippen LogP contribution in [0.15, 0.2) is 48.5 Å². The molecule has 0 fully saturated rings. The van der Waals surface area contributed by atoms with Gasteiger partial charge in [0.25, 0.3) is 0 Å². The summed E-state index contributed by atoms with van der Waals surface area (Å²) in [5, 5.41) is 54.1. The van der Waals surface area contributed by atoms with E-state index in [4.69, 9.17) is 14.2 Å². The van der Waals surface area contributed by atoms with E-state index in [2.05, 4.69) is 31.9 Å². The maximum atomic E-state index is 13.2. The molecule has 0 saturated carbocycles. The average molecular weight is 899 g/mol. The van der Waals surface area contributed by atoms with Gasteiger partial charge in [-0.15, -0.1) is 0 Å². The number of hydrogen-bond acceptors (Lipinski definition) is 11. The number of aliphatic hydroxyl groups is 4. The van der Waals surface area contributed by atoms with Crippen molar-refractivity contribution in [3.63, 3.8) is 0 Å². The molecule has 6 atom stereocenters. The summed E-state index contributed by atoms with van der Waals surface area (Å²) in [5.74, 6) is -1.17. The fraction of sp³-hybridized carbons (Fsp3) is 0.590. The minimum absolute atomic E-state index is 0.154. The van der Waals surface area contributed by atoms with Crippen molar-refractivity contribution in [3.05, 3.63) is 59.7 Å². The lowest BCUT2D eigenvalue weighted by Gasteiger charge is -2.35. The number of hydrogen-bond donors (Lipinski definition) is 10. The van der Waals surface area contributed by atoms with Crippen LogP contribution in [0.4, 0.5) is 47.3 Å². The van der Waals surface area contributed by atoms with Crippen LogP contribution in [-0.4, -0.2) is 127 Å². The van der Waals surface area contributed by atoms with Crippen LogP contribution in [0.2, 0.25) is 0 Å². The second kappa shape index (κ2) is 27.3. The molecule has 2 aromatic carbocycles. The largest absolute Gasteiger partial charge is 0.416 e. The van der Waals surface area contributed by atoms with Crippen LogP contribution in [0, 0.1) is 0 Å². The van der Waals surface area contributed by atoms with Gasteiger partial charge in [0.1, 0.15) is 18.3 Å². The van der Waals surface area contributed by atoms with E-state index in [1.165, 1.54) is 19.1 Å². The van der Waals surface area contributed by atoms with Crippen LogP contribution in [0.1, 0.15) is 63.5 Å². The Morgan fingerprint density at radius 1 is 0.710 bits per heavy atom. The molecule has 0 aliphatic heterocycles. The normalized spacial score (nSPS) is 14.7. The molecule has 0 aliphatic carbocycles. The highest BCUT2D eigenvalue weighted by Crippen LogP contribution is 2.31. The summed E-state index contributed by atoms with van der Waals surface area (Å²) in [6.45, 7) is -0.889. The Labute approximate surface area is 354 Å². The van der Waals surface area contributed by atoms with Crippen molar-refractivity contribution >= 4 is 35.3 Å². The first-order valence-electron chi connectivity index (χ1n) is 19.7. The lowest BCUT2D eigenvalue weighted by Crippen LogP contribution is -2.56. The minimum atomic E-state index is -4.70. The van der Waals surface area contributed by atoms with Crippen LogP contribution in [0.5, 0.6) is 0 Å². The number of amides is 6. The molecular weight excluding hydrogens is 842 g/mol. The van der Waals surface area contributed by atoms with E-state index in [0.717, 1.165) is 56.0 Å². The second-order valence-corrected chi connectivity index (χ2v) is 13.9. The summed E-state index contributed by atoms with van der Waals surface area (Å²) in [5.41, 5.74) is -2.42. The number of unbranched alkanes of at least 4 members (excludes halogenated alkanes) is 4. The van der Waals surface area contributed by atoms with Gasteiger partial charge in [-0.3, -0.25) is 9.59 Å². The Morgan fingerprint density at radius 3 is 1.81 bits per heavy atom. The van der Waals surface area contributed by atoms with Crippen molar-refractivity contribution in [2.45, 2.75) is 101 Å². The van der Waals surface area contributed by atoms with E-state index in [-0.39, 0.29) is 30.9 Å². The number of alkyl halides is 6. The fourth-order valence-electron chi connectivity index (χ4n) is 5.64. The minimum Gasteiger partial charge on any atom is -0.394 e. The van der Waals surface area contributed by atoms with E-state index in [9.17, 15) is 65.9 Å². The number of carbonyl (C=O) groups excluding carboxylic acids is 4. The summed E-state index contributed by atoms with van der Waals surface area (Å²) in [4.78, 5) is 50.8. The molecule has 2 rings (SSSR count). The van der Waals surface area contributed by atoms with Crippen molar-refractivity contribution in [2.75, 3.05) is 56.7 Å². The molecule has 62 heavy (non-hydrogen) atoms. The summed E-state index contributed by atoms with van der Waals surface area (Å²) in [6.07, 6.45) is -12.2. The van der Waals surface area contributed by atoms with Gasteiger partial charge < -0.3 is 66.5 Å². The molecule has 0 aromatic heterocycles. The quantitative estimate of drug-likeness (QED) is 0.0353. The van der Waals surface area contributed by atoms with Crippen molar-refractivity contribution < 1.29 is 80.2 Å². The molecule has 17 nitrogen and oxygen atoms in total. The van der Waals surface area contributed by atoms with Gasteiger partial charge in [-0.25, -0.2) is 9.59 Å². The van der Waals surface area contributed by atoms with E-state index >= 15 is 0 Å². The number of aliphatic hydroxyl groups excluding tert-OH is 4. The zero-order chi connectivity index (χ0) is 46.3. The van der Waals surface area contributed by atoms with Gasteiger partial charge in [-0.2, -0.15) is 26.3 Å². The van der Waals surface area contributed by atoms with E-state index in [0.29, 0.717) is 12.5 Å². The number of nitrogens with one attached hydrogen (secondary N) is 6. The molecule has 3 unspecified atom stereocenters. The van der Waals surface area contributed by atoms with Gasteiger partial charge in [-0.05, 0) is 49.7 Å². The first kappa shape index (κ1) is 53.4. The Morgan fingerprint density at radius 2 is 1.27 bits per heavy atom. The standard InChI is InChI=1S/C39H56F6N6O11/c1-3-4-5-6-7-14-32(56)47-19-33(57)51-35(31(23-54)60-16-15-46-36(58)49-27-12-8-10-25(17-27)38(40,41)42)24(2)61-34(62-30(22-53)29(55)21-52)20-48-37(59)50-28-13-9-11-26(18-28)39(43,44)45/h8-13,17-18,24,29-31,34-35,52-55H,3-7,14-16,19-23H2,1-2H3,(H,47,56)(H,51,57)(H2,46,49,58)(H2,48,50,59)/t24?,29-,30?,31?,34+,35+/m0/s1. The predicted octanol–water partition coefficient (Wildman–Crippen LogP) is 3.47. The topological polar surface area (TPSA) is 249 Å². The number of halogens is 6. The third-order valence-electron chi connectivity index (χ3n) is 8.90. The highest BCUT2D eigenvalue weighted by Gasteiger charge is 2.34. The van der Waals surface area contributed by atoms with Gasteiger partial charge in [0.15, 0.2) is 6.29 Å². The Kier molecular flexibility index (Phi) is 23.5. The van der Waals surface area contributed by atoms with E-state index < -0.39 is 117 Å². The molecule has 0 aliphatic rings. The van der Waals surface area contributed by atoms with Crippen molar-refractivity contribution in [2.24, 2.45) is 0 Å². The third-order valence-corrected chi connectivity index (χ3v) is 8.90. The van der Waals surface area contributed by atoms with Crippen molar-refractivity contribution in [1.29, 1.82) is 0 Å². The Bertz CT molecular complexity index is 1680. The zero-order valence-electron chi connectivity index (χ0n) is 34.2. The number of rotatable bonds is 27. The molecule has 0 heterocycles. The fourth-order valence-corrected chi connectivity index (χ4v) is 5.64. The van der Waals surface area contributed by atoms with E-state index in [1.54, 1.807) is 0 Å². The second-order valence-electron chi connectivity index (χ2n) is 13.9. The molecule has 0 bridgehead atoms. The van der Waals surface area contributed by atoms with Gasteiger partial charge in [0.05, 0.1) is 62.8 Å². The molecule has 10 N–H and O–H groups in total. The van der Waals surface area contributed by atoms with Gasteiger partial charge in [-0.1, -0.05) is 44.7 Å². The van der Waals surface area contributed by atoms with Crippen LogP contribution < -0.4 is 31.9 Å². The average Bonchev–Trinajstić information content (AvgIpc) is 3.22. The molecular formula is C39H56F6N6O11. The number of anilines is 2. The Balaban J connectivity index is 2.23. The summed E-state index contributed by atoms with van der Waals surface area (Å²) in [6, 6.07) is 4.37. The maximum Gasteiger partial charge on any atom is 0.416 e. The SMILES string of the molecule is CCCCCCCC(=O)NCC(=O)N[C@H](C(C)O[C@@H](CNC(=O)Nc1cccc(C(F)(F)F)c1)OC(CO)[C@@H](O)CO)C(CO)OCCNC(=O)Nc1cccc(C(F)(F)F)c1. The van der Waals surface area contributed by atoms with Crippen molar-refractivity contribution in [1.82, 2.24) is 21.3 Å². The van der Waals surface area contributed by atoms with Gasteiger partial charge in [0.2, 0.25) is 11.8 Å². The van der Waals surface area contributed by atoms with Gasteiger partial charge in [0, 0.05) is 24.3 Å². The molecule has 350 valence electrons. The van der Waals surface area contributed by atoms with Crippen LogP contribution >= 0.6 is 0 Å². The predicted molar refractivity (Wildman–Crippen MR) is 211 cm³/mol. The number of ether oxygens (including phenoxy) is 3. The van der Waals surface area contributed by atoms with E-state index in [1.807, 2.05) is 6.92 Å². The summed E-state index contributed by atoms with van der Waals surface area (Å²) < 4.78 is 96.3. The lowest BCUT2D eigenvalue weighted by molar-refractivity contribution is -0.224. The monoisotopic (exact) mass is 898 g/mol. The summed E-state index contributed by atoms with van der Waals surface area (Å²) in [7, 11) is 0. The van der Waals surface area contributed by atoms with Crippen LogP contribution in [0.25, 0.3) is 0 Å². The van der Waals surface area contributed by atoms with Crippen LogP contribution in [-0.2, 0) is 36.2 Å². The highest BCUT2D eigenvalue weighted by molar-refractivity contribution is 5.90. The number of benzene rings is 2. The molecule has 2 aromatic rings. The first-order valence-corrected chi connectivity index (χ1v) is 19.7. The lowest BCUT2D eigenvalue weighted by atomic mass is 10.1. The number of carbonyl (C=O) groups is 4. The van der Waals surface area contributed by atoms with Gasteiger partial charge >= 0.3 is 24.4 Å². The van der Waals surface area contributed by atoms with Crippen molar-refractivity contribution in [3.8, 4) is 0 Å². The third kappa shape index (κ3) is 20.4. The number of urea groups is 2. The molecule has 6 amide bonds. The first-order chi connectivity index (χ1) is 29.3. The highest BCUT2D eigenvalue weighted by atomic mass is 19.4. The molecule has 0 saturated heterocycles. The summed E-state index contributed by atoms with van der Waals surface area (Å²) >= 11 is 0. The Hall–Kier alpha value is -4.78. The maximum absolute atomic E-state index is 13.2. The molecule has 0 spiro atoms. The zero-order valence-corrected chi connectivity index (χ0v) is 34.2. The molecule has 23 heteroatoms.